The van der Waals surface area contributed by atoms with Crippen LogP contribution in [0.2, 0.25) is 0 Å². The van der Waals surface area contributed by atoms with Gasteiger partial charge in [-0.1, -0.05) is 25.7 Å². The number of rotatable bonds is 10. The molecule has 1 aliphatic rings. The number of thioether (sulfide) groups is 1. The molecule has 1 amide bonds. The van der Waals surface area contributed by atoms with Gasteiger partial charge in [0.25, 0.3) is 0 Å². The molecule has 0 unspecified atom stereocenters. The van der Waals surface area contributed by atoms with E-state index >= 15 is 0 Å². The van der Waals surface area contributed by atoms with E-state index in [9.17, 15) is 4.79 Å². The summed E-state index contributed by atoms with van der Waals surface area (Å²) in [6.45, 7) is 1.14. The summed E-state index contributed by atoms with van der Waals surface area (Å²) in [5.41, 5.74) is 0. The Hall–Kier alpha value is -0.180. The molecular weight excluding hydrogens is 435 g/mol. The Morgan fingerprint density at radius 1 is 1.17 bits per heavy atom. The summed E-state index contributed by atoms with van der Waals surface area (Å²) in [7, 11) is 3.54. The van der Waals surface area contributed by atoms with Crippen molar-refractivity contribution in [2.45, 2.75) is 57.4 Å². The molecule has 0 radical (unpaired) electrons. The monoisotopic (exact) mass is 470 g/mol. The Balaban J connectivity index is 0.00000529. The fourth-order valence-corrected chi connectivity index (χ4v) is 3.13. The highest BCUT2D eigenvalue weighted by atomic mass is 127. The summed E-state index contributed by atoms with van der Waals surface area (Å²) in [4.78, 5) is 17.8. The van der Waals surface area contributed by atoms with Gasteiger partial charge >= 0.3 is 0 Å². The van der Waals surface area contributed by atoms with E-state index in [1.165, 1.54) is 50.7 Å². The summed E-state index contributed by atoms with van der Waals surface area (Å²) in [6.07, 6.45) is 12.2. The van der Waals surface area contributed by atoms with E-state index in [1.807, 2.05) is 11.8 Å². The van der Waals surface area contributed by atoms with Gasteiger partial charge in [-0.05, 0) is 37.7 Å². The molecule has 0 aromatic carbocycles. The lowest BCUT2D eigenvalue weighted by Gasteiger charge is -2.18. The first-order valence-corrected chi connectivity index (χ1v) is 10.3. The number of halogens is 1. The van der Waals surface area contributed by atoms with Crippen molar-refractivity contribution in [3.8, 4) is 0 Å². The number of nitrogens with zero attached hydrogens (tertiary/aromatic N) is 2. The molecule has 2 N–H and O–H groups in total. The quantitative estimate of drug-likeness (QED) is 0.223. The number of carbonyl (C=O) groups excluding carboxylic acids is 1. The molecule has 1 saturated carbocycles. The van der Waals surface area contributed by atoms with E-state index in [-0.39, 0.29) is 36.4 Å². The first-order valence-electron chi connectivity index (χ1n) is 8.87. The Bertz CT molecular complexity index is 360. The van der Waals surface area contributed by atoms with Crippen LogP contribution in [0.25, 0.3) is 0 Å². The topological polar surface area (TPSA) is 56.7 Å². The molecule has 1 aliphatic carbocycles. The van der Waals surface area contributed by atoms with E-state index in [1.54, 1.807) is 19.0 Å². The lowest BCUT2D eigenvalue weighted by Crippen LogP contribution is -2.43. The number of hydrogen-bond acceptors (Lipinski definition) is 3. The van der Waals surface area contributed by atoms with Gasteiger partial charge in [0.1, 0.15) is 6.54 Å². The standard InChI is InChI=1S/C17H34N4OS.HI/c1-21(2)16(22)14-19-17(20-15-10-6-7-11-15)18-12-8-4-5-9-13-23-3;/h15H,4-14H2,1-3H3,(H2,18,19,20);1H. The van der Waals surface area contributed by atoms with Crippen molar-refractivity contribution in [1.29, 1.82) is 0 Å². The first kappa shape index (κ1) is 23.8. The minimum atomic E-state index is 0. The number of nitrogens with one attached hydrogen (secondary N) is 2. The van der Waals surface area contributed by atoms with Crippen LogP contribution < -0.4 is 10.6 Å². The number of amides is 1. The zero-order chi connectivity index (χ0) is 16.9. The van der Waals surface area contributed by atoms with Gasteiger partial charge < -0.3 is 15.5 Å². The number of carbonyl (C=O) groups is 1. The molecule has 0 heterocycles. The van der Waals surface area contributed by atoms with Crippen molar-refractivity contribution in [3.63, 3.8) is 0 Å². The minimum Gasteiger partial charge on any atom is -0.356 e. The van der Waals surface area contributed by atoms with Gasteiger partial charge in [0.15, 0.2) is 5.96 Å². The Morgan fingerprint density at radius 3 is 2.46 bits per heavy atom. The van der Waals surface area contributed by atoms with Crippen LogP contribution in [0.5, 0.6) is 0 Å². The zero-order valence-corrected chi connectivity index (χ0v) is 18.6. The lowest BCUT2D eigenvalue weighted by molar-refractivity contribution is -0.127. The lowest BCUT2D eigenvalue weighted by atomic mass is 10.2. The van der Waals surface area contributed by atoms with Crippen molar-refractivity contribution >= 4 is 47.6 Å². The molecule has 0 aliphatic heterocycles. The second kappa shape index (κ2) is 15.1. The maximum absolute atomic E-state index is 11.7. The number of unbranched alkanes of at least 4 members (excludes halogenated alkanes) is 3. The molecule has 7 heteroatoms. The molecular formula is C17H35IN4OS. The third kappa shape index (κ3) is 11.4. The summed E-state index contributed by atoms with van der Waals surface area (Å²) < 4.78 is 0. The van der Waals surface area contributed by atoms with Crippen LogP contribution in [0, 0.1) is 0 Å². The summed E-state index contributed by atoms with van der Waals surface area (Å²) in [5, 5.41) is 6.88. The highest BCUT2D eigenvalue weighted by Crippen LogP contribution is 2.17. The highest BCUT2D eigenvalue weighted by Gasteiger charge is 2.16. The predicted molar refractivity (Wildman–Crippen MR) is 117 cm³/mol. The van der Waals surface area contributed by atoms with Gasteiger partial charge in [0.05, 0.1) is 0 Å². The maximum Gasteiger partial charge on any atom is 0.243 e. The van der Waals surface area contributed by atoms with Crippen molar-refractivity contribution in [1.82, 2.24) is 15.5 Å². The molecule has 0 spiro atoms. The molecule has 5 nitrogen and oxygen atoms in total. The molecule has 0 atom stereocenters. The van der Waals surface area contributed by atoms with Crippen molar-refractivity contribution < 1.29 is 4.79 Å². The summed E-state index contributed by atoms with van der Waals surface area (Å²) >= 11 is 1.92. The minimum absolute atomic E-state index is 0. The molecule has 0 saturated heterocycles. The van der Waals surface area contributed by atoms with Crippen LogP contribution in [0.3, 0.4) is 0 Å². The van der Waals surface area contributed by atoms with Crippen molar-refractivity contribution in [3.05, 3.63) is 0 Å². The van der Waals surface area contributed by atoms with Gasteiger partial charge in [-0.2, -0.15) is 11.8 Å². The van der Waals surface area contributed by atoms with E-state index in [2.05, 4.69) is 21.9 Å². The van der Waals surface area contributed by atoms with Crippen molar-refractivity contribution in [2.24, 2.45) is 4.99 Å². The number of guanidine groups is 1. The average Bonchev–Trinajstić information content (AvgIpc) is 3.03. The number of likely N-dealkylation sites (N-methyl/N-ethyl adjacent to an activating group) is 1. The Labute approximate surface area is 169 Å². The molecule has 24 heavy (non-hydrogen) atoms. The molecule has 0 bridgehead atoms. The van der Waals surface area contributed by atoms with Crippen LogP contribution in [-0.2, 0) is 4.79 Å². The van der Waals surface area contributed by atoms with Gasteiger partial charge in [-0.15, -0.1) is 24.0 Å². The predicted octanol–water partition coefficient (Wildman–Crippen LogP) is 3.09. The van der Waals surface area contributed by atoms with Gasteiger partial charge in [-0.25, -0.2) is 4.99 Å². The molecule has 1 rings (SSSR count). The van der Waals surface area contributed by atoms with Crippen LogP contribution >= 0.6 is 35.7 Å². The molecule has 0 aromatic rings. The third-order valence-electron chi connectivity index (χ3n) is 4.13. The van der Waals surface area contributed by atoms with E-state index in [0.29, 0.717) is 6.04 Å². The third-order valence-corrected chi connectivity index (χ3v) is 4.83. The largest absolute Gasteiger partial charge is 0.356 e. The average molecular weight is 470 g/mol. The maximum atomic E-state index is 11.7. The normalized spacial score (nSPS) is 15.0. The van der Waals surface area contributed by atoms with Gasteiger partial charge in [-0.3, -0.25) is 4.79 Å². The second-order valence-corrected chi connectivity index (χ2v) is 7.40. The SMILES string of the molecule is CSCCCCCCNC(=NCC(=O)N(C)C)NC1CCCC1.I. The highest BCUT2D eigenvalue weighted by molar-refractivity contribution is 14.0. The Morgan fingerprint density at radius 2 is 1.83 bits per heavy atom. The van der Waals surface area contributed by atoms with Gasteiger partial charge in [0, 0.05) is 26.7 Å². The van der Waals surface area contributed by atoms with E-state index < -0.39 is 0 Å². The Kier molecular flexibility index (Phi) is 15.0. The summed E-state index contributed by atoms with van der Waals surface area (Å²) in [6, 6.07) is 0.511. The molecule has 0 aromatic heterocycles. The number of aliphatic imine (C=N–C) groups is 1. The van der Waals surface area contributed by atoms with Crippen LogP contribution in [-0.4, -0.2) is 62.0 Å². The van der Waals surface area contributed by atoms with E-state index in [4.69, 9.17) is 0 Å². The smallest absolute Gasteiger partial charge is 0.243 e. The number of hydrogen-bond donors (Lipinski definition) is 2. The second-order valence-electron chi connectivity index (χ2n) is 6.41. The zero-order valence-electron chi connectivity index (χ0n) is 15.5. The van der Waals surface area contributed by atoms with Crippen LogP contribution in [0.4, 0.5) is 0 Å². The molecule has 1 fully saturated rings. The van der Waals surface area contributed by atoms with Crippen LogP contribution in [0.15, 0.2) is 4.99 Å². The van der Waals surface area contributed by atoms with Crippen molar-refractivity contribution in [2.75, 3.05) is 39.2 Å². The molecule has 142 valence electrons. The van der Waals surface area contributed by atoms with Crippen LogP contribution in [0.1, 0.15) is 51.4 Å². The van der Waals surface area contributed by atoms with Gasteiger partial charge in [0.2, 0.25) is 5.91 Å². The fourth-order valence-electron chi connectivity index (χ4n) is 2.64. The fraction of sp³-hybridized carbons (Fsp3) is 0.882. The summed E-state index contributed by atoms with van der Waals surface area (Å²) in [5.74, 6) is 2.10. The van der Waals surface area contributed by atoms with E-state index in [0.717, 1.165) is 18.9 Å². The first-order chi connectivity index (χ1) is 11.1.